The zero-order valence-electron chi connectivity index (χ0n) is 11.4. The van der Waals surface area contributed by atoms with Gasteiger partial charge in [-0.15, -0.1) is 0 Å². The summed E-state index contributed by atoms with van der Waals surface area (Å²) in [5, 5.41) is -0.120. The van der Waals surface area contributed by atoms with E-state index in [9.17, 15) is 13.2 Å². The number of aromatic nitrogens is 1. The fraction of sp³-hybridized carbons (Fsp3) is 0.643. The molecular formula is C14H18ClF3N2. The van der Waals surface area contributed by atoms with Crippen LogP contribution < -0.4 is 4.90 Å². The van der Waals surface area contributed by atoms with E-state index >= 15 is 0 Å². The molecule has 0 radical (unpaired) electrons. The van der Waals surface area contributed by atoms with Gasteiger partial charge in [-0.25, -0.2) is 4.98 Å². The largest absolute Gasteiger partial charge is 0.416 e. The molecule has 0 saturated heterocycles. The number of halogens is 4. The molecule has 112 valence electrons. The Hall–Kier alpha value is -0.970. The molecule has 0 aromatic carbocycles. The Bertz CT molecular complexity index is 456. The summed E-state index contributed by atoms with van der Waals surface area (Å²) >= 11 is 5.71. The maximum atomic E-state index is 12.8. The van der Waals surface area contributed by atoms with Gasteiger partial charge < -0.3 is 4.90 Å². The SMILES string of the molecule is CN(CC1CCCCC1)c1cc(C(F)(F)F)cc(Cl)n1. The molecule has 20 heavy (non-hydrogen) atoms. The number of pyridine rings is 1. The zero-order chi connectivity index (χ0) is 14.8. The maximum Gasteiger partial charge on any atom is 0.416 e. The molecule has 0 amide bonds. The predicted octanol–water partition coefficient (Wildman–Crippen LogP) is 4.77. The summed E-state index contributed by atoms with van der Waals surface area (Å²) in [6.07, 6.45) is 1.54. The predicted molar refractivity (Wildman–Crippen MR) is 74.1 cm³/mol. The van der Waals surface area contributed by atoms with Crippen molar-refractivity contribution in [3.8, 4) is 0 Å². The van der Waals surface area contributed by atoms with E-state index in [4.69, 9.17) is 11.6 Å². The molecular weight excluding hydrogens is 289 g/mol. The molecule has 0 spiro atoms. The van der Waals surface area contributed by atoms with Gasteiger partial charge in [0.25, 0.3) is 0 Å². The minimum atomic E-state index is -4.40. The van der Waals surface area contributed by atoms with Crippen LogP contribution in [0.3, 0.4) is 0 Å². The molecule has 0 bridgehead atoms. The molecule has 0 N–H and O–H groups in total. The van der Waals surface area contributed by atoms with E-state index in [1.54, 1.807) is 11.9 Å². The monoisotopic (exact) mass is 306 g/mol. The lowest BCUT2D eigenvalue weighted by atomic mass is 9.89. The van der Waals surface area contributed by atoms with Gasteiger partial charge in [0, 0.05) is 13.6 Å². The fourth-order valence-corrected chi connectivity index (χ4v) is 2.90. The van der Waals surface area contributed by atoms with Gasteiger partial charge in [-0.05, 0) is 30.9 Å². The van der Waals surface area contributed by atoms with Crippen LogP contribution in [-0.2, 0) is 6.18 Å². The third-order valence-corrected chi connectivity index (χ3v) is 3.95. The summed E-state index contributed by atoms with van der Waals surface area (Å²) in [6.45, 7) is 0.727. The second-order valence-electron chi connectivity index (χ2n) is 5.42. The Balaban J connectivity index is 2.12. The lowest BCUT2D eigenvalue weighted by Gasteiger charge is -2.28. The molecule has 0 atom stereocenters. The molecule has 0 unspecified atom stereocenters. The number of anilines is 1. The van der Waals surface area contributed by atoms with Crippen molar-refractivity contribution in [1.82, 2.24) is 4.98 Å². The standard InChI is InChI=1S/C14H18ClF3N2/c1-20(9-10-5-3-2-4-6-10)13-8-11(14(16,17)18)7-12(15)19-13/h7-8,10H,2-6,9H2,1H3. The molecule has 2 nitrogen and oxygen atoms in total. The van der Waals surface area contributed by atoms with Crippen molar-refractivity contribution in [3.05, 3.63) is 22.8 Å². The zero-order valence-corrected chi connectivity index (χ0v) is 12.1. The first kappa shape index (κ1) is 15.4. The van der Waals surface area contributed by atoms with Crippen LogP contribution in [0, 0.1) is 5.92 Å². The van der Waals surface area contributed by atoms with Gasteiger partial charge in [0.05, 0.1) is 5.56 Å². The lowest BCUT2D eigenvalue weighted by Crippen LogP contribution is -2.27. The van der Waals surface area contributed by atoms with Crippen molar-refractivity contribution in [1.29, 1.82) is 0 Å². The van der Waals surface area contributed by atoms with E-state index in [-0.39, 0.29) is 11.0 Å². The maximum absolute atomic E-state index is 12.8. The third kappa shape index (κ3) is 4.01. The fourth-order valence-electron chi connectivity index (χ4n) is 2.69. The van der Waals surface area contributed by atoms with Crippen LogP contribution >= 0.6 is 11.6 Å². The van der Waals surface area contributed by atoms with E-state index in [0.717, 1.165) is 31.5 Å². The summed E-state index contributed by atoms with van der Waals surface area (Å²) in [6, 6.07) is 1.92. The molecule has 1 fully saturated rings. The summed E-state index contributed by atoms with van der Waals surface area (Å²) in [4.78, 5) is 5.78. The Morgan fingerprint density at radius 1 is 1.25 bits per heavy atom. The molecule has 6 heteroatoms. The van der Waals surface area contributed by atoms with Crippen molar-refractivity contribution in [2.24, 2.45) is 5.92 Å². The van der Waals surface area contributed by atoms with Gasteiger partial charge in [0.15, 0.2) is 0 Å². The van der Waals surface area contributed by atoms with E-state index in [1.807, 2.05) is 0 Å². The van der Waals surface area contributed by atoms with Crippen molar-refractivity contribution < 1.29 is 13.2 Å². The Labute approximate surface area is 121 Å². The van der Waals surface area contributed by atoms with Gasteiger partial charge in [-0.3, -0.25) is 0 Å². The van der Waals surface area contributed by atoms with Gasteiger partial charge in [-0.2, -0.15) is 13.2 Å². The highest BCUT2D eigenvalue weighted by molar-refractivity contribution is 6.29. The number of hydrogen-bond acceptors (Lipinski definition) is 2. The van der Waals surface area contributed by atoms with Crippen molar-refractivity contribution in [3.63, 3.8) is 0 Å². The quantitative estimate of drug-likeness (QED) is 0.748. The van der Waals surface area contributed by atoms with Gasteiger partial charge in [0.1, 0.15) is 11.0 Å². The topological polar surface area (TPSA) is 16.1 Å². The molecule has 1 saturated carbocycles. The Morgan fingerprint density at radius 3 is 2.50 bits per heavy atom. The van der Waals surface area contributed by atoms with Crippen molar-refractivity contribution in [2.75, 3.05) is 18.5 Å². The minimum absolute atomic E-state index is 0.120. The van der Waals surface area contributed by atoms with Crippen molar-refractivity contribution >= 4 is 17.4 Å². The second-order valence-corrected chi connectivity index (χ2v) is 5.81. The van der Waals surface area contributed by atoms with E-state index in [0.29, 0.717) is 5.92 Å². The normalized spacial score (nSPS) is 17.2. The summed E-state index contributed by atoms with van der Waals surface area (Å²) in [7, 11) is 1.77. The summed E-state index contributed by atoms with van der Waals surface area (Å²) in [5.41, 5.74) is -0.747. The van der Waals surface area contributed by atoms with Crippen molar-refractivity contribution in [2.45, 2.75) is 38.3 Å². The smallest absolute Gasteiger partial charge is 0.359 e. The molecule has 1 aromatic rings. The molecule has 1 aliphatic rings. The first-order valence-electron chi connectivity index (χ1n) is 6.82. The number of rotatable bonds is 3. The minimum Gasteiger partial charge on any atom is -0.359 e. The summed E-state index contributed by atoms with van der Waals surface area (Å²) in [5.74, 6) is 0.819. The molecule has 0 aliphatic heterocycles. The van der Waals surface area contributed by atoms with E-state index in [2.05, 4.69) is 4.98 Å². The van der Waals surface area contributed by atoms with Crippen LogP contribution in [0.2, 0.25) is 5.15 Å². The lowest BCUT2D eigenvalue weighted by molar-refractivity contribution is -0.137. The third-order valence-electron chi connectivity index (χ3n) is 3.76. The highest BCUT2D eigenvalue weighted by Gasteiger charge is 2.32. The summed E-state index contributed by atoms with van der Waals surface area (Å²) < 4.78 is 38.3. The highest BCUT2D eigenvalue weighted by atomic mass is 35.5. The average molecular weight is 307 g/mol. The molecule has 1 aliphatic carbocycles. The van der Waals surface area contributed by atoms with Crippen LogP contribution in [0.5, 0.6) is 0 Å². The number of nitrogens with zero attached hydrogens (tertiary/aromatic N) is 2. The number of hydrogen-bond donors (Lipinski definition) is 0. The highest BCUT2D eigenvalue weighted by Crippen LogP contribution is 2.33. The molecule has 1 aromatic heterocycles. The Morgan fingerprint density at radius 2 is 1.90 bits per heavy atom. The molecule has 2 rings (SSSR count). The van der Waals surface area contributed by atoms with Gasteiger partial charge in [-0.1, -0.05) is 30.9 Å². The number of alkyl halides is 3. The first-order chi connectivity index (χ1) is 9.36. The van der Waals surface area contributed by atoms with Gasteiger partial charge >= 0.3 is 6.18 Å². The average Bonchev–Trinajstić information content (AvgIpc) is 2.38. The van der Waals surface area contributed by atoms with Crippen LogP contribution in [0.15, 0.2) is 12.1 Å². The van der Waals surface area contributed by atoms with Crippen LogP contribution in [0.25, 0.3) is 0 Å². The van der Waals surface area contributed by atoms with E-state index < -0.39 is 11.7 Å². The second kappa shape index (κ2) is 6.20. The van der Waals surface area contributed by atoms with Crippen LogP contribution in [0.1, 0.15) is 37.7 Å². The molecule has 1 heterocycles. The Kier molecular flexibility index (Phi) is 4.78. The van der Waals surface area contributed by atoms with Gasteiger partial charge in [0.2, 0.25) is 0 Å². The van der Waals surface area contributed by atoms with E-state index in [1.165, 1.54) is 19.3 Å². The van der Waals surface area contributed by atoms with Crippen LogP contribution in [0.4, 0.5) is 19.0 Å². The first-order valence-corrected chi connectivity index (χ1v) is 7.20. The van der Waals surface area contributed by atoms with Crippen LogP contribution in [-0.4, -0.2) is 18.6 Å².